The Morgan fingerprint density at radius 3 is 3.27 bits per heavy atom. The molecule has 0 aliphatic heterocycles. The van der Waals surface area contributed by atoms with Gasteiger partial charge < -0.3 is 9.84 Å². The zero-order chi connectivity index (χ0) is 8.10. The molecule has 0 aliphatic carbocycles. The summed E-state index contributed by atoms with van der Waals surface area (Å²) in [5.41, 5.74) is 0. The number of nitrogens with one attached hydrogen (secondary N) is 1. The monoisotopic (exact) mass is 153 g/mol. The Balaban J connectivity index is 2.28. The molecular formula is C7H11N3O. The van der Waals surface area contributed by atoms with Crippen LogP contribution >= 0.6 is 0 Å². The highest BCUT2D eigenvalue weighted by Crippen LogP contribution is 1.89. The molecule has 1 atom stereocenters. The molecule has 0 fully saturated rings. The average Bonchev–Trinajstić information content (AvgIpc) is 2.52. The fourth-order valence-corrected chi connectivity index (χ4v) is 0.606. The lowest BCUT2D eigenvalue weighted by Crippen LogP contribution is -2.23. The van der Waals surface area contributed by atoms with E-state index in [0.29, 0.717) is 12.4 Å². The molecular weight excluding hydrogens is 142 g/mol. The van der Waals surface area contributed by atoms with Crippen molar-refractivity contribution in [1.29, 1.82) is 0 Å². The van der Waals surface area contributed by atoms with Gasteiger partial charge in [0.25, 0.3) is 0 Å². The van der Waals surface area contributed by atoms with E-state index in [1.165, 1.54) is 6.39 Å². The predicted octanol–water partition coefficient (Wildman–Crippen LogP) is 0.734. The maximum absolute atomic E-state index is 4.55. The Kier molecular flexibility index (Phi) is 2.80. The van der Waals surface area contributed by atoms with Crippen LogP contribution in [0.25, 0.3) is 0 Å². The van der Waals surface area contributed by atoms with E-state index in [9.17, 15) is 0 Å². The summed E-state index contributed by atoms with van der Waals surface area (Å²) in [7, 11) is 0. The fraction of sp³-hybridized carbons (Fsp3) is 0.429. The second-order valence-corrected chi connectivity index (χ2v) is 2.25. The van der Waals surface area contributed by atoms with E-state index in [0.717, 1.165) is 0 Å². The SMILES string of the molecule is C=CC(C)NCc1ncon1. The third-order valence-corrected chi connectivity index (χ3v) is 1.34. The molecule has 0 aliphatic rings. The van der Waals surface area contributed by atoms with Gasteiger partial charge in [0.05, 0.1) is 6.54 Å². The summed E-state index contributed by atoms with van der Waals surface area (Å²) in [6.45, 7) is 6.26. The fourth-order valence-electron chi connectivity index (χ4n) is 0.606. The summed E-state index contributed by atoms with van der Waals surface area (Å²) in [4.78, 5) is 3.85. The van der Waals surface area contributed by atoms with E-state index in [4.69, 9.17) is 0 Å². The van der Waals surface area contributed by atoms with Gasteiger partial charge in [-0.15, -0.1) is 6.58 Å². The highest BCUT2D eigenvalue weighted by molar-refractivity contribution is 4.84. The van der Waals surface area contributed by atoms with Crippen LogP contribution in [0.5, 0.6) is 0 Å². The highest BCUT2D eigenvalue weighted by Gasteiger charge is 1.98. The van der Waals surface area contributed by atoms with Crippen LogP contribution in [0.15, 0.2) is 23.6 Å². The molecule has 0 radical (unpaired) electrons. The predicted molar refractivity (Wildman–Crippen MR) is 40.8 cm³/mol. The van der Waals surface area contributed by atoms with Gasteiger partial charge in [-0.1, -0.05) is 11.2 Å². The topological polar surface area (TPSA) is 51.0 Å². The van der Waals surface area contributed by atoms with Crippen LogP contribution in [-0.4, -0.2) is 16.2 Å². The normalized spacial score (nSPS) is 12.8. The van der Waals surface area contributed by atoms with E-state index in [1.807, 2.05) is 13.0 Å². The van der Waals surface area contributed by atoms with Crippen molar-refractivity contribution in [3.63, 3.8) is 0 Å². The van der Waals surface area contributed by atoms with Crippen LogP contribution in [0.3, 0.4) is 0 Å². The second kappa shape index (κ2) is 3.88. The Morgan fingerprint density at radius 1 is 1.91 bits per heavy atom. The van der Waals surface area contributed by atoms with Gasteiger partial charge in [0, 0.05) is 6.04 Å². The average molecular weight is 153 g/mol. The van der Waals surface area contributed by atoms with Crippen LogP contribution < -0.4 is 5.32 Å². The van der Waals surface area contributed by atoms with Crippen molar-refractivity contribution in [2.45, 2.75) is 19.5 Å². The zero-order valence-electron chi connectivity index (χ0n) is 6.45. The first-order valence-electron chi connectivity index (χ1n) is 3.44. The second-order valence-electron chi connectivity index (χ2n) is 2.25. The highest BCUT2D eigenvalue weighted by atomic mass is 16.5. The third-order valence-electron chi connectivity index (χ3n) is 1.34. The standard InChI is InChI=1S/C7H11N3O/c1-3-6(2)8-4-7-9-5-11-10-7/h3,5-6,8H,1,4H2,2H3. The molecule has 1 aromatic rings. The van der Waals surface area contributed by atoms with Gasteiger partial charge in [0.2, 0.25) is 6.39 Å². The zero-order valence-corrected chi connectivity index (χ0v) is 6.45. The summed E-state index contributed by atoms with van der Waals surface area (Å²) in [6.07, 6.45) is 3.13. The quantitative estimate of drug-likeness (QED) is 0.648. The van der Waals surface area contributed by atoms with Gasteiger partial charge >= 0.3 is 0 Å². The first kappa shape index (κ1) is 7.94. The Labute approximate surface area is 65.3 Å². The minimum atomic E-state index is 0.272. The van der Waals surface area contributed by atoms with Crippen molar-refractivity contribution in [2.24, 2.45) is 0 Å². The van der Waals surface area contributed by atoms with Gasteiger partial charge in [0.15, 0.2) is 5.82 Å². The first-order valence-corrected chi connectivity index (χ1v) is 3.44. The van der Waals surface area contributed by atoms with Crippen molar-refractivity contribution < 1.29 is 4.52 Å². The lowest BCUT2D eigenvalue weighted by molar-refractivity contribution is 0.406. The summed E-state index contributed by atoms with van der Waals surface area (Å²) in [5, 5.41) is 6.77. The van der Waals surface area contributed by atoms with Crippen molar-refractivity contribution in [3.05, 3.63) is 24.9 Å². The molecule has 0 spiro atoms. The smallest absolute Gasteiger partial charge is 0.213 e. The van der Waals surface area contributed by atoms with Crippen molar-refractivity contribution in [3.8, 4) is 0 Å². The molecule has 4 nitrogen and oxygen atoms in total. The minimum Gasteiger partial charge on any atom is -0.343 e. The van der Waals surface area contributed by atoms with E-state index < -0.39 is 0 Å². The minimum absolute atomic E-state index is 0.272. The summed E-state index contributed by atoms with van der Waals surface area (Å²) in [5.74, 6) is 0.665. The van der Waals surface area contributed by atoms with Gasteiger partial charge in [-0.2, -0.15) is 4.98 Å². The van der Waals surface area contributed by atoms with Crippen LogP contribution in [0, 0.1) is 0 Å². The third kappa shape index (κ3) is 2.51. The number of nitrogens with zero attached hydrogens (tertiary/aromatic N) is 2. The van der Waals surface area contributed by atoms with Gasteiger partial charge in [0.1, 0.15) is 0 Å². The number of aromatic nitrogens is 2. The first-order chi connectivity index (χ1) is 5.33. The molecule has 1 aromatic heterocycles. The maximum atomic E-state index is 4.55. The molecule has 0 amide bonds. The Bertz CT molecular complexity index is 207. The molecule has 11 heavy (non-hydrogen) atoms. The van der Waals surface area contributed by atoms with E-state index >= 15 is 0 Å². The largest absolute Gasteiger partial charge is 0.343 e. The molecule has 0 aromatic carbocycles. The summed E-state index contributed by atoms with van der Waals surface area (Å²) in [6, 6.07) is 0.272. The van der Waals surface area contributed by atoms with Gasteiger partial charge in [-0.25, -0.2) is 0 Å². The number of hydrogen-bond acceptors (Lipinski definition) is 4. The van der Waals surface area contributed by atoms with Crippen LogP contribution in [0.1, 0.15) is 12.7 Å². The Hall–Kier alpha value is -1.16. The van der Waals surface area contributed by atoms with Crippen LogP contribution in [0.4, 0.5) is 0 Å². The number of rotatable bonds is 4. The molecule has 1 heterocycles. The van der Waals surface area contributed by atoms with Crippen molar-refractivity contribution in [1.82, 2.24) is 15.5 Å². The van der Waals surface area contributed by atoms with E-state index in [2.05, 4.69) is 26.6 Å². The molecule has 1 N–H and O–H groups in total. The van der Waals surface area contributed by atoms with Crippen LogP contribution in [0.2, 0.25) is 0 Å². The van der Waals surface area contributed by atoms with Crippen LogP contribution in [-0.2, 0) is 6.54 Å². The molecule has 0 saturated carbocycles. The summed E-state index contributed by atoms with van der Waals surface area (Å²) >= 11 is 0. The maximum Gasteiger partial charge on any atom is 0.213 e. The van der Waals surface area contributed by atoms with Gasteiger partial charge in [-0.05, 0) is 6.92 Å². The molecule has 0 bridgehead atoms. The lowest BCUT2D eigenvalue weighted by atomic mass is 10.3. The number of hydrogen-bond donors (Lipinski definition) is 1. The van der Waals surface area contributed by atoms with Crippen molar-refractivity contribution >= 4 is 0 Å². The molecule has 0 saturated heterocycles. The molecule has 60 valence electrons. The molecule has 1 rings (SSSR count). The van der Waals surface area contributed by atoms with E-state index in [1.54, 1.807) is 0 Å². The molecule has 1 unspecified atom stereocenters. The van der Waals surface area contributed by atoms with E-state index in [-0.39, 0.29) is 6.04 Å². The summed E-state index contributed by atoms with van der Waals surface area (Å²) < 4.78 is 4.55. The lowest BCUT2D eigenvalue weighted by Gasteiger charge is -2.04. The molecule has 4 heteroatoms. The Morgan fingerprint density at radius 2 is 2.73 bits per heavy atom. The van der Waals surface area contributed by atoms with Gasteiger partial charge in [-0.3, -0.25) is 0 Å². The van der Waals surface area contributed by atoms with Crippen molar-refractivity contribution in [2.75, 3.05) is 0 Å².